The predicted molar refractivity (Wildman–Crippen MR) is 54.9 cm³/mol. The molecule has 0 aromatic rings. The van der Waals surface area contributed by atoms with Crippen LogP contribution < -0.4 is 5.32 Å². The minimum atomic E-state index is 0.370. The summed E-state index contributed by atoms with van der Waals surface area (Å²) in [4.78, 5) is 0. The summed E-state index contributed by atoms with van der Waals surface area (Å²) in [6.07, 6.45) is 0. The Hall–Kier alpha value is -0.480. The molecule has 0 aliphatic carbocycles. The van der Waals surface area contributed by atoms with Gasteiger partial charge in [0, 0.05) is 6.54 Å². The third-order valence-electron chi connectivity index (χ3n) is 2.53. The van der Waals surface area contributed by atoms with Crippen LogP contribution in [-0.4, -0.2) is 13.1 Å². The van der Waals surface area contributed by atoms with E-state index in [4.69, 9.17) is 0 Å². The van der Waals surface area contributed by atoms with Gasteiger partial charge in [-0.25, -0.2) is 0 Å². The zero-order valence-electron chi connectivity index (χ0n) is 8.99. The van der Waals surface area contributed by atoms with Gasteiger partial charge in [0.05, 0.1) is 6.54 Å². The SMILES string of the molecule is CC#CCNCC(C)(C)C(C)C. The molecule has 0 amide bonds. The average molecular weight is 167 g/mol. The summed E-state index contributed by atoms with van der Waals surface area (Å²) < 4.78 is 0. The summed E-state index contributed by atoms with van der Waals surface area (Å²) in [5, 5.41) is 3.33. The van der Waals surface area contributed by atoms with Gasteiger partial charge < -0.3 is 5.32 Å². The molecule has 0 saturated heterocycles. The topological polar surface area (TPSA) is 12.0 Å². The van der Waals surface area contributed by atoms with Crippen LogP contribution in [-0.2, 0) is 0 Å². The second-order valence-electron chi connectivity index (χ2n) is 4.17. The number of rotatable bonds is 4. The van der Waals surface area contributed by atoms with E-state index in [1.165, 1.54) is 0 Å². The molecule has 0 heterocycles. The molecule has 0 saturated carbocycles. The van der Waals surface area contributed by atoms with Crippen LogP contribution in [0.25, 0.3) is 0 Å². The molecule has 0 bridgehead atoms. The molecule has 70 valence electrons. The number of hydrogen-bond acceptors (Lipinski definition) is 1. The van der Waals surface area contributed by atoms with Crippen LogP contribution in [0.15, 0.2) is 0 Å². The van der Waals surface area contributed by atoms with E-state index in [-0.39, 0.29) is 0 Å². The van der Waals surface area contributed by atoms with E-state index in [0.29, 0.717) is 11.3 Å². The van der Waals surface area contributed by atoms with Gasteiger partial charge in [-0.3, -0.25) is 0 Å². The van der Waals surface area contributed by atoms with Gasteiger partial charge in [-0.05, 0) is 18.3 Å². The summed E-state index contributed by atoms with van der Waals surface area (Å²) >= 11 is 0. The molecule has 0 atom stereocenters. The second-order valence-corrected chi connectivity index (χ2v) is 4.17. The quantitative estimate of drug-likeness (QED) is 0.500. The monoisotopic (exact) mass is 167 g/mol. The Balaban J connectivity index is 3.66. The van der Waals surface area contributed by atoms with Crippen molar-refractivity contribution in [1.82, 2.24) is 5.32 Å². The summed E-state index contributed by atoms with van der Waals surface area (Å²) in [5.74, 6) is 6.58. The van der Waals surface area contributed by atoms with E-state index in [2.05, 4.69) is 44.9 Å². The molecule has 0 aliphatic heterocycles. The van der Waals surface area contributed by atoms with Crippen molar-refractivity contribution < 1.29 is 0 Å². The van der Waals surface area contributed by atoms with Gasteiger partial charge in [0.25, 0.3) is 0 Å². The van der Waals surface area contributed by atoms with Gasteiger partial charge in [0.2, 0.25) is 0 Å². The van der Waals surface area contributed by atoms with Crippen molar-refractivity contribution in [2.75, 3.05) is 13.1 Å². The molecule has 1 N–H and O–H groups in total. The van der Waals surface area contributed by atoms with Crippen molar-refractivity contribution in [3.63, 3.8) is 0 Å². The molecule has 0 spiro atoms. The van der Waals surface area contributed by atoms with Crippen LogP contribution in [0.5, 0.6) is 0 Å². The largest absolute Gasteiger partial charge is 0.306 e. The third kappa shape index (κ3) is 4.41. The Labute approximate surface area is 76.9 Å². The van der Waals surface area contributed by atoms with E-state index in [0.717, 1.165) is 13.1 Å². The highest BCUT2D eigenvalue weighted by Gasteiger charge is 2.20. The lowest BCUT2D eigenvalue weighted by Crippen LogP contribution is -2.33. The van der Waals surface area contributed by atoms with Gasteiger partial charge in [0.15, 0.2) is 0 Å². The average Bonchev–Trinajstić information content (AvgIpc) is 1.98. The van der Waals surface area contributed by atoms with E-state index in [1.54, 1.807) is 0 Å². The van der Waals surface area contributed by atoms with Crippen molar-refractivity contribution in [2.24, 2.45) is 11.3 Å². The van der Waals surface area contributed by atoms with Gasteiger partial charge in [-0.1, -0.05) is 33.6 Å². The molecule has 0 unspecified atom stereocenters. The van der Waals surface area contributed by atoms with E-state index >= 15 is 0 Å². The first-order valence-corrected chi connectivity index (χ1v) is 4.61. The van der Waals surface area contributed by atoms with Crippen molar-refractivity contribution in [1.29, 1.82) is 0 Å². The van der Waals surface area contributed by atoms with Crippen molar-refractivity contribution >= 4 is 0 Å². The Morgan fingerprint density at radius 2 is 1.92 bits per heavy atom. The van der Waals surface area contributed by atoms with Crippen LogP contribution in [0.1, 0.15) is 34.6 Å². The van der Waals surface area contributed by atoms with Crippen LogP contribution in [0, 0.1) is 23.2 Å². The fourth-order valence-electron chi connectivity index (χ4n) is 0.740. The zero-order chi connectivity index (χ0) is 9.61. The fourth-order valence-corrected chi connectivity index (χ4v) is 0.740. The van der Waals surface area contributed by atoms with Gasteiger partial charge >= 0.3 is 0 Å². The maximum absolute atomic E-state index is 3.33. The summed E-state index contributed by atoms with van der Waals surface area (Å²) in [6.45, 7) is 12.8. The van der Waals surface area contributed by atoms with E-state index in [1.807, 2.05) is 6.92 Å². The highest BCUT2D eigenvalue weighted by atomic mass is 14.9. The van der Waals surface area contributed by atoms with Crippen molar-refractivity contribution in [3.8, 4) is 11.8 Å². The zero-order valence-corrected chi connectivity index (χ0v) is 8.99. The fraction of sp³-hybridized carbons (Fsp3) is 0.818. The Morgan fingerprint density at radius 1 is 1.33 bits per heavy atom. The summed E-state index contributed by atoms with van der Waals surface area (Å²) in [7, 11) is 0. The van der Waals surface area contributed by atoms with E-state index in [9.17, 15) is 0 Å². The second kappa shape index (κ2) is 5.22. The van der Waals surface area contributed by atoms with Crippen LogP contribution in [0.2, 0.25) is 0 Å². The minimum Gasteiger partial charge on any atom is -0.306 e. The molecule has 0 radical (unpaired) electrons. The third-order valence-corrected chi connectivity index (χ3v) is 2.53. The first kappa shape index (κ1) is 11.5. The summed E-state index contributed by atoms with van der Waals surface area (Å²) in [6, 6.07) is 0. The lowest BCUT2D eigenvalue weighted by atomic mass is 9.81. The maximum Gasteiger partial charge on any atom is 0.0576 e. The lowest BCUT2D eigenvalue weighted by molar-refractivity contribution is 0.242. The highest BCUT2D eigenvalue weighted by Crippen LogP contribution is 2.24. The highest BCUT2D eigenvalue weighted by molar-refractivity contribution is 4.97. The smallest absolute Gasteiger partial charge is 0.0576 e. The van der Waals surface area contributed by atoms with E-state index < -0.39 is 0 Å². The normalized spacial score (nSPS) is 11.2. The molecular formula is C11H21N. The Morgan fingerprint density at radius 3 is 2.33 bits per heavy atom. The molecule has 12 heavy (non-hydrogen) atoms. The number of nitrogens with one attached hydrogen (secondary N) is 1. The Kier molecular flexibility index (Phi) is 5.01. The molecule has 0 aromatic carbocycles. The lowest BCUT2D eigenvalue weighted by Gasteiger charge is -2.29. The van der Waals surface area contributed by atoms with Gasteiger partial charge in [-0.15, -0.1) is 5.92 Å². The summed E-state index contributed by atoms with van der Waals surface area (Å²) in [5.41, 5.74) is 0.370. The van der Waals surface area contributed by atoms with Gasteiger partial charge in [0.1, 0.15) is 0 Å². The molecule has 1 heteroatoms. The maximum atomic E-state index is 3.33. The van der Waals surface area contributed by atoms with Crippen LogP contribution in [0.3, 0.4) is 0 Å². The van der Waals surface area contributed by atoms with Crippen molar-refractivity contribution in [3.05, 3.63) is 0 Å². The first-order chi connectivity index (χ1) is 5.50. The van der Waals surface area contributed by atoms with Gasteiger partial charge in [-0.2, -0.15) is 0 Å². The Bertz CT molecular complexity index is 169. The molecular weight excluding hydrogens is 146 g/mol. The molecule has 0 fully saturated rings. The van der Waals surface area contributed by atoms with Crippen molar-refractivity contribution in [2.45, 2.75) is 34.6 Å². The molecule has 0 rings (SSSR count). The predicted octanol–water partition coefficient (Wildman–Crippen LogP) is 2.28. The standard InChI is InChI=1S/C11H21N/c1-6-7-8-12-9-11(4,5)10(2)3/h10,12H,8-9H2,1-5H3. The molecule has 1 nitrogen and oxygen atoms in total. The molecule has 0 aliphatic rings. The minimum absolute atomic E-state index is 0.370. The molecule has 0 aromatic heterocycles. The van der Waals surface area contributed by atoms with Crippen LogP contribution in [0.4, 0.5) is 0 Å². The van der Waals surface area contributed by atoms with Crippen LogP contribution >= 0.6 is 0 Å². The first-order valence-electron chi connectivity index (χ1n) is 4.61. The number of hydrogen-bond donors (Lipinski definition) is 1.